The van der Waals surface area contributed by atoms with E-state index in [4.69, 9.17) is 9.88 Å². The van der Waals surface area contributed by atoms with Gasteiger partial charge in [-0.1, -0.05) is 42.0 Å². The summed E-state index contributed by atoms with van der Waals surface area (Å²) >= 11 is 0. The lowest BCUT2D eigenvalue weighted by Gasteiger charge is -2.10. The first-order valence-electron chi connectivity index (χ1n) is 8.54. The molecular formula is C21H22N2O3S. The number of ether oxygens (including phenoxy) is 1. The second kappa shape index (κ2) is 8.24. The first-order chi connectivity index (χ1) is 12.9. The maximum absolute atomic E-state index is 11.3. The molecule has 3 N–H and O–H groups in total. The Morgan fingerprint density at radius 2 is 1.63 bits per heavy atom. The zero-order chi connectivity index (χ0) is 19.3. The lowest BCUT2D eigenvalue weighted by atomic mass is 10.1. The topological polar surface area (TPSA) is 81.4 Å². The van der Waals surface area contributed by atoms with Crippen molar-refractivity contribution in [1.82, 2.24) is 0 Å². The second-order valence-corrected chi connectivity index (χ2v) is 7.91. The van der Waals surface area contributed by atoms with Crippen LogP contribution in [0.1, 0.15) is 16.7 Å². The van der Waals surface area contributed by atoms with Crippen molar-refractivity contribution in [2.24, 2.45) is 5.14 Å². The third-order valence-electron chi connectivity index (χ3n) is 4.09. The van der Waals surface area contributed by atoms with Crippen LogP contribution in [-0.4, -0.2) is 8.42 Å². The molecule has 0 atom stereocenters. The summed E-state index contributed by atoms with van der Waals surface area (Å²) in [5, 5.41) is 8.34. The molecule has 0 aliphatic carbocycles. The summed E-state index contributed by atoms with van der Waals surface area (Å²) in [5.41, 5.74) is 4.27. The molecular weight excluding hydrogens is 360 g/mol. The zero-order valence-corrected chi connectivity index (χ0v) is 15.9. The van der Waals surface area contributed by atoms with Gasteiger partial charge in [0, 0.05) is 12.2 Å². The van der Waals surface area contributed by atoms with Gasteiger partial charge in [0.15, 0.2) is 0 Å². The van der Waals surface area contributed by atoms with E-state index in [2.05, 4.69) is 24.4 Å². The minimum absolute atomic E-state index is 0.100. The summed E-state index contributed by atoms with van der Waals surface area (Å²) in [4.78, 5) is 0.100. The van der Waals surface area contributed by atoms with E-state index in [-0.39, 0.29) is 4.90 Å². The molecule has 0 aromatic heterocycles. The number of hydrogen-bond donors (Lipinski definition) is 2. The van der Waals surface area contributed by atoms with E-state index in [9.17, 15) is 8.42 Å². The third kappa shape index (κ3) is 5.57. The van der Waals surface area contributed by atoms with Crippen LogP contribution in [0.2, 0.25) is 0 Å². The van der Waals surface area contributed by atoms with Gasteiger partial charge in [0.05, 0.1) is 4.90 Å². The molecule has 0 saturated carbocycles. The van der Waals surface area contributed by atoms with Crippen molar-refractivity contribution in [3.8, 4) is 5.75 Å². The largest absolute Gasteiger partial charge is 0.489 e. The molecule has 3 rings (SSSR count). The maximum Gasteiger partial charge on any atom is 0.238 e. The standard InChI is InChI=1S/C21H22N2O3S/c1-16-3-2-4-18(13-16)15-26-20-9-5-17(6-10-20)14-23-19-7-11-21(12-8-19)27(22,24)25/h2-13,23H,14-15H2,1H3,(H2,22,24,25). The molecule has 6 heteroatoms. The molecule has 0 radical (unpaired) electrons. The molecule has 0 aliphatic heterocycles. The maximum atomic E-state index is 11.3. The molecule has 0 amide bonds. The lowest BCUT2D eigenvalue weighted by molar-refractivity contribution is 0.306. The van der Waals surface area contributed by atoms with Crippen LogP contribution in [-0.2, 0) is 23.2 Å². The molecule has 3 aromatic rings. The number of primary sulfonamides is 1. The molecule has 0 heterocycles. The molecule has 0 saturated heterocycles. The van der Waals surface area contributed by atoms with Gasteiger partial charge in [-0.25, -0.2) is 13.6 Å². The van der Waals surface area contributed by atoms with Gasteiger partial charge in [-0.05, 0) is 54.4 Å². The van der Waals surface area contributed by atoms with Crippen LogP contribution in [0.5, 0.6) is 5.75 Å². The summed E-state index contributed by atoms with van der Waals surface area (Å²) in [6, 6.07) is 22.5. The molecule has 0 aliphatic rings. The average molecular weight is 382 g/mol. The van der Waals surface area contributed by atoms with Crippen LogP contribution in [0.25, 0.3) is 0 Å². The number of hydrogen-bond acceptors (Lipinski definition) is 4. The summed E-state index contributed by atoms with van der Waals surface area (Å²) in [6.07, 6.45) is 0. The fourth-order valence-electron chi connectivity index (χ4n) is 2.64. The van der Waals surface area contributed by atoms with E-state index in [1.165, 1.54) is 17.7 Å². The lowest BCUT2D eigenvalue weighted by Crippen LogP contribution is -2.12. The monoisotopic (exact) mass is 382 g/mol. The molecule has 0 fully saturated rings. The zero-order valence-electron chi connectivity index (χ0n) is 15.1. The van der Waals surface area contributed by atoms with Crippen LogP contribution in [0.3, 0.4) is 0 Å². The first kappa shape index (κ1) is 18.9. The number of nitrogens with one attached hydrogen (secondary N) is 1. The highest BCUT2D eigenvalue weighted by Crippen LogP contribution is 2.17. The summed E-state index contributed by atoms with van der Waals surface area (Å²) < 4.78 is 28.3. The molecule has 27 heavy (non-hydrogen) atoms. The van der Waals surface area contributed by atoms with Crippen molar-refractivity contribution in [2.75, 3.05) is 5.32 Å². The first-order valence-corrected chi connectivity index (χ1v) is 10.1. The number of nitrogens with two attached hydrogens (primary N) is 1. The van der Waals surface area contributed by atoms with Crippen molar-refractivity contribution in [3.05, 3.63) is 89.5 Å². The van der Waals surface area contributed by atoms with Crippen LogP contribution >= 0.6 is 0 Å². The van der Waals surface area contributed by atoms with Gasteiger partial charge in [0.2, 0.25) is 10.0 Å². The number of benzene rings is 3. The van der Waals surface area contributed by atoms with E-state index < -0.39 is 10.0 Å². The Labute approximate surface area is 159 Å². The summed E-state index contributed by atoms with van der Waals surface area (Å²) in [6.45, 7) is 3.22. The van der Waals surface area contributed by atoms with Gasteiger partial charge in [-0.3, -0.25) is 0 Å². The van der Waals surface area contributed by atoms with Gasteiger partial charge in [0.1, 0.15) is 12.4 Å². The molecule has 0 bridgehead atoms. The van der Waals surface area contributed by atoms with E-state index in [0.29, 0.717) is 13.2 Å². The highest BCUT2D eigenvalue weighted by atomic mass is 32.2. The predicted molar refractivity (Wildman–Crippen MR) is 107 cm³/mol. The Morgan fingerprint density at radius 3 is 2.26 bits per heavy atom. The van der Waals surface area contributed by atoms with E-state index in [1.807, 2.05) is 36.4 Å². The number of sulfonamides is 1. The Bertz CT molecular complexity index is 998. The Balaban J connectivity index is 1.53. The quantitative estimate of drug-likeness (QED) is 0.651. The molecule has 0 unspecified atom stereocenters. The average Bonchev–Trinajstić information content (AvgIpc) is 2.65. The van der Waals surface area contributed by atoms with Gasteiger partial charge in [0.25, 0.3) is 0 Å². The smallest absolute Gasteiger partial charge is 0.238 e. The highest BCUT2D eigenvalue weighted by molar-refractivity contribution is 7.89. The minimum atomic E-state index is -3.66. The molecule has 3 aromatic carbocycles. The fourth-order valence-corrected chi connectivity index (χ4v) is 3.15. The highest BCUT2D eigenvalue weighted by Gasteiger charge is 2.06. The van der Waals surface area contributed by atoms with E-state index in [0.717, 1.165) is 22.6 Å². The van der Waals surface area contributed by atoms with Gasteiger partial charge in [-0.15, -0.1) is 0 Å². The SMILES string of the molecule is Cc1cccc(COc2ccc(CNc3ccc(S(N)(=O)=O)cc3)cc2)c1. The Morgan fingerprint density at radius 1 is 0.926 bits per heavy atom. The van der Waals surface area contributed by atoms with Gasteiger partial charge < -0.3 is 10.1 Å². The van der Waals surface area contributed by atoms with Crippen LogP contribution in [0.15, 0.2) is 77.7 Å². The normalized spacial score (nSPS) is 11.2. The minimum Gasteiger partial charge on any atom is -0.489 e. The van der Waals surface area contributed by atoms with Gasteiger partial charge in [-0.2, -0.15) is 0 Å². The Kier molecular flexibility index (Phi) is 5.78. The summed E-state index contributed by atoms with van der Waals surface area (Å²) in [5.74, 6) is 0.817. The van der Waals surface area contributed by atoms with Crippen LogP contribution < -0.4 is 15.2 Å². The van der Waals surface area contributed by atoms with E-state index >= 15 is 0 Å². The van der Waals surface area contributed by atoms with Gasteiger partial charge >= 0.3 is 0 Å². The van der Waals surface area contributed by atoms with Crippen molar-refractivity contribution in [1.29, 1.82) is 0 Å². The number of rotatable bonds is 7. The molecule has 0 spiro atoms. The third-order valence-corrected chi connectivity index (χ3v) is 5.02. The number of aryl methyl sites for hydroxylation is 1. The fraction of sp³-hybridized carbons (Fsp3) is 0.143. The number of anilines is 1. The van der Waals surface area contributed by atoms with Crippen molar-refractivity contribution in [2.45, 2.75) is 25.0 Å². The second-order valence-electron chi connectivity index (χ2n) is 6.34. The van der Waals surface area contributed by atoms with Crippen LogP contribution in [0, 0.1) is 6.92 Å². The molecule has 5 nitrogen and oxygen atoms in total. The Hall–Kier alpha value is -2.83. The van der Waals surface area contributed by atoms with Crippen molar-refractivity contribution in [3.63, 3.8) is 0 Å². The van der Waals surface area contributed by atoms with Crippen molar-refractivity contribution >= 4 is 15.7 Å². The molecule has 140 valence electrons. The van der Waals surface area contributed by atoms with Crippen molar-refractivity contribution < 1.29 is 13.2 Å². The summed E-state index contributed by atoms with van der Waals surface area (Å²) in [7, 11) is -3.66. The predicted octanol–water partition coefficient (Wildman–Crippen LogP) is 3.83. The van der Waals surface area contributed by atoms with E-state index in [1.54, 1.807) is 12.1 Å². The van der Waals surface area contributed by atoms with Crippen LogP contribution in [0.4, 0.5) is 5.69 Å².